The van der Waals surface area contributed by atoms with E-state index in [1.807, 2.05) is 44.2 Å². The fourth-order valence-corrected chi connectivity index (χ4v) is 2.10. The molecule has 0 saturated carbocycles. The van der Waals surface area contributed by atoms with Crippen LogP contribution < -0.4 is 0 Å². The van der Waals surface area contributed by atoms with E-state index in [4.69, 9.17) is 9.47 Å². The van der Waals surface area contributed by atoms with E-state index >= 15 is 0 Å². The Balaban J connectivity index is 2.24. The molecule has 1 atom stereocenters. The summed E-state index contributed by atoms with van der Waals surface area (Å²) in [4.78, 5) is 23.2. The first kappa shape index (κ1) is 18.2. The number of carbonyl (C=O) groups is 2. The van der Waals surface area contributed by atoms with E-state index in [1.165, 1.54) is 0 Å². The molecule has 4 nitrogen and oxygen atoms in total. The third-order valence-corrected chi connectivity index (χ3v) is 3.29. The van der Waals surface area contributed by atoms with Crippen molar-refractivity contribution in [1.82, 2.24) is 0 Å². The molecule has 0 heterocycles. The van der Waals surface area contributed by atoms with Gasteiger partial charge in [-0.25, -0.2) is 0 Å². The number of esters is 2. The van der Waals surface area contributed by atoms with Crippen molar-refractivity contribution in [1.29, 1.82) is 0 Å². The van der Waals surface area contributed by atoms with Crippen molar-refractivity contribution in [3.63, 3.8) is 0 Å². The standard InChI is InChI=1S/C18H26O4/c1-3-14-21-17(19)12-8-9-13-18(20)22-16(4-2)15-10-6-5-7-11-15/h5-7,10-11,16H,3-4,8-9,12-14H2,1-2H3. The van der Waals surface area contributed by atoms with Gasteiger partial charge in [-0.05, 0) is 31.2 Å². The minimum Gasteiger partial charge on any atom is -0.466 e. The van der Waals surface area contributed by atoms with Gasteiger partial charge in [0.2, 0.25) is 0 Å². The Hall–Kier alpha value is -1.84. The Kier molecular flexibility index (Phi) is 8.96. The third kappa shape index (κ3) is 7.25. The summed E-state index contributed by atoms with van der Waals surface area (Å²) in [5, 5.41) is 0. The maximum Gasteiger partial charge on any atom is 0.306 e. The van der Waals surface area contributed by atoms with Gasteiger partial charge in [0, 0.05) is 12.8 Å². The predicted octanol–water partition coefficient (Wildman–Crippen LogP) is 4.19. The Bertz CT molecular complexity index is 442. The average molecular weight is 306 g/mol. The lowest BCUT2D eigenvalue weighted by Gasteiger charge is -2.16. The molecule has 0 N–H and O–H groups in total. The van der Waals surface area contributed by atoms with E-state index in [1.54, 1.807) is 0 Å². The Morgan fingerprint density at radius 2 is 1.64 bits per heavy atom. The highest BCUT2D eigenvalue weighted by atomic mass is 16.5. The van der Waals surface area contributed by atoms with Crippen molar-refractivity contribution in [2.75, 3.05) is 6.61 Å². The van der Waals surface area contributed by atoms with E-state index in [2.05, 4.69) is 0 Å². The van der Waals surface area contributed by atoms with Crippen molar-refractivity contribution >= 4 is 11.9 Å². The SMILES string of the molecule is CCCOC(=O)CCCCC(=O)OC(CC)c1ccccc1. The van der Waals surface area contributed by atoms with Crippen LogP contribution in [0, 0.1) is 0 Å². The van der Waals surface area contributed by atoms with Gasteiger partial charge in [-0.15, -0.1) is 0 Å². The highest BCUT2D eigenvalue weighted by Crippen LogP contribution is 2.21. The Morgan fingerprint density at radius 1 is 1.00 bits per heavy atom. The van der Waals surface area contributed by atoms with Gasteiger partial charge >= 0.3 is 11.9 Å². The number of unbranched alkanes of at least 4 members (excludes halogenated alkanes) is 1. The number of hydrogen-bond acceptors (Lipinski definition) is 4. The summed E-state index contributed by atoms with van der Waals surface area (Å²) < 4.78 is 10.5. The molecule has 0 fully saturated rings. The highest BCUT2D eigenvalue weighted by Gasteiger charge is 2.14. The lowest BCUT2D eigenvalue weighted by Crippen LogP contribution is -2.11. The topological polar surface area (TPSA) is 52.6 Å². The van der Waals surface area contributed by atoms with E-state index in [9.17, 15) is 9.59 Å². The molecule has 1 unspecified atom stereocenters. The number of rotatable bonds is 10. The minimum absolute atomic E-state index is 0.189. The molecule has 0 bridgehead atoms. The van der Waals surface area contributed by atoms with Crippen LogP contribution in [0.3, 0.4) is 0 Å². The van der Waals surface area contributed by atoms with Crippen LogP contribution in [0.15, 0.2) is 30.3 Å². The minimum atomic E-state index is -0.211. The molecule has 0 aromatic heterocycles. The second-order valence-electron chi connectivity index (χ2n) is 5.23. The predicted molar refractivity (Wildman–Crippen MR) is 85.3 cm³/mol. The number of carbonyl (C=O) groups excluding carboxylic acids is 2. The quantitative estimate of drug-likeness (QED) is 0.480. The molecule has 4 heteroatoms. The zero-order valence-corrected chi connectivity index (χ0v) is 13.5. The largest absolute Gasteiger partial charge is 0.466 e. The molecule has 0 radical (unpaired) electrons. The van der Waals surface area contributed by atoms with Gasteiger partial charge in [-0.3, -0.25) is 9.59 Å². The molecule has 0 aliphatic carbocycles. The Labute approximate surface area is 132 Å². The van der Waals surface area contributed by atoms with Gasteiger partial charge in [0.25, 0.3) is 0 Å². The van der Waals surface area contributed by atoms with Crippen LogP contribution in [0.2, 0.25) is 0 Å². The zero-order valence-electron chi connectivity index (χ0n) is 13.5. The average Bonchev–Trinajstić information content (AvgIpc) is 2.55. The van der Waals surface area contributed by atoms with Gasteiger partial charge in [0.05, 0.1) is 6.61 Å². The van der Waals surface area contributed by atoms with Gasteiger partial charge in [-0.2, -0.15) is 0 Å². The third-order valence-electron chi connectivity index (χ3n) is 3.29. The van der Waals surface area contributed by atoms with Gasteiger partial charge in [0.15, 0.2) is 0 Å². The summed E-state index contributed by atoms with van der Waals surface area (Å²) in [6.07, 6.45) is 3.39. The van der Waals surface area contributed by atoms with Crippen molar-refractivity contribution in [2.45, 2.75) is 58.5 Å². The molecule has 0 spiro atoms. The molecule has 1 aromatic carbocycles. The molecule has 0 saturated heterocycles. The number of ether oxygens (including phenoxy) is 2. The van der Waals surface area contributed by atoms with Crippen molar-refractivity contribution in [3.8, 4) is 0 Å². The number of hydrogen-bond donors (Lipinski definition) is 0. The molecule has 22 heavy (non-hydrogen) atoms. The normalized spacial score (nSPS) is 11.7. The fourth-order valence-electron chi connectivity index (χ4n) is 2.10. The smallest absolute Gasteiger partial charge is 0.306 e. The summed E-state index contributed by atoms with van der Waals surface area (Å²) in [5.74, 6) is -0.399. The molecule has 0 aliphatic heterocycles. The second-order valence-corrected chi connectivity index (χ2v) is 5.23. The van der Waals surface area contributed by atoms with Crippen molar-refractivity contribution in [2.24, 2.45) is 0 Å². The van der Waals surface area contributed by atoms with Crippen LogP contribution in [0.25, 0.3) is 0 Å². The van der Waals surface area contributed by atoms with Crippen LogP contribution in [-0.4, -0.2) is 18.5 Å². The molecule has 0 amide bonds. The summed E-state index contributed by atoms with van der Waals surface area (Å²) in [6.45, 7) is 4.42. The molecule has 1 aromatic rings. The van der Waals surface area contributed by atoms with Crippen LogP contribution >= 0.6 is 0 Å². The zero-order chi connectivity index (χ0) is 16.2. The van der Waals surface area contributed by atoms with E-state index in [0.717, 1.165) is 18.4 Å². The first-order chi connectivity index (χ1) is 10.7. The lowest BCUT2D eigenvalue weighted by atomic mass is 10.1. The first-order valence-corrected chi connectivity index (χ1v) is 8.07. The summed E-state index contributed by atoms with van der Waals surface area (Å²) in [6, 6.07) is 9.74. The molecule has 0 aliphatic rings. The second kappa shape index (κ2) is 10.8. The van der Waals surface area contributed by atoms with Crippen LogP contribution in [0.1, 0.15) is 64.0 Å². The molecule has 1 rings (SSSR count). The van der Waals surface area contributed by atoms with Crippen molar-refractivity contribution < 1.29 is 19.1 Å². The Morgan fingerprint density at radius 3 is 2.23 bits per heavy atom. The fraction of sp³-hybridized carbons (Fsp3) is 0.556. The van der Waals surface area contributed by atoms with Gasteiger partial charge in [-0.1, -0.05) is 44.2 Å². The van der Waals surface area contributed by atoms with E-state index in [-0.39, 0.29) is 18.0 Å². The van der Waals surface area contributed by atoms with E-state index in [0.29, 0.717) is 32.3 Å². The summed E-state index contributed by atoms with van der Waals surface area (Å²) in [7, 11) is 0. The first-order valence-electron chi connectivity index (χ1n) is 8.07. The number of benzene rings is 1. The van der Waals surface area contributed by atoms with Crippen LogP contribution in [0.4, 0.5) is 0 Å². The van der Waals surface area contributed by atoms with Crippen LogP contribution in [-0.2, 0) is 19.1 Å². The van der Waals surface area contributed by atoms with E-state index < -0.39 is 0 Å². The lowest BCUT2D eigenvalue weighted by molar-refractivity contribution is -0.150. The molecular formula is C18H26O4. The maximum atomic E-state index is 11.9. The monoisotopic (exact) mass is 306 g/mol. The maximum absolute atomic E-state index is 11.9. The molecule has 122 valence electrons. The van der Waals surface area contributed by atoms with Crippen molar-refractivity contribution in [3.05, 3.63) is 35.9 Å². The summed E-state index contributed by atoms with van der Waals surface area (Å²) in [5.41, 5.74) is 1.02. The van der Waals surface area contributed by atoms with Crippen LogP contribution in [0.5, 0.6) is 0 Å². The summed E-state index contributed by atoms with van der Waals surface area (Å²) >= 11 is 0. The van der Waals surface area contributed by atoms with Gasteiger partial charge < -0.3 is 9.47 Å². The highest BCUT2D eigenvalue weighted by molar-refractivity contribution is 5.70. The van der Waals surface area contributed by atoms with Gasteiger partial charge in [0.1, 0.15) is 6.10 Å². The molecular weight excluding hydrogens is 280 g/mol.